The van der Waals surface area contributed by atoms with Crippen LogP contribution in [0.4, 0.5) is 9.59 Å². The second-order valence-electron chi connectivity index (χ2n) is 13.7. The molecule has 0 saturated carbocycles. The van der Waals surface area contributed by atoms with Gasteiger partial charge in [0.25, 0.3) is 0 Å². The van der Waals surface area contributed by atoms with E-state index >= 15 is 0 Å². The van der Waals surface area contributed by atoms with E-state index in [-0.39, 0.29) is 24.6 Å². The summed E-state index contributed by atoms with van der Waals surface area (Å²) in [6.07, 6.45) is 6.00. The fraction of sp³-hybridized carbons (Fsp3) is 0.500. The number of nitrogens with zero attached hydrogens (tertiary/aromatic N) is 4. The highest BCUT2D eigenvalue weighted by Gasteiger charge is 2.37. The van der Waals surface area contributed by atoms with E-state index in [0.717, 1.165) is 53.2 Å². The Hall–Kier alpha value is -4.41. The average Bonchev–Trinajstić information content (AvgIpc) is 3.75. The number of nitrogens with one attached hydrogen (secondary N) is 2. The highest BCUT2D eigenvalue weighted by Crippen LogP contribution is 2.33. The third kappa shape index (κ3) is 8.01. The maximum Gasteiger partial charge on any atom is 0.410 e. The topological polar surface area (TPSA) is 130 Å². The second-order valence-corrected chi connectivity index (χ2v) is 13.7. The molecule has 2 N–H and O–H groups in total. The van der Waals surface area contributed by atoms with Crippen molar-refractivity contribution in [3.05, 3.63) is 60.3 Å². The van der Waals surface area contributed by atoms with E-state index in [9.17, 15) is 14.4 Å². The van der Waals surface area contributed by atoms with Gasteiger partial charge in [-0.1, -0.05) is 30.3 Å². The summed E-state index contributed by atoms with van der Waals surface area (Å²) in [5.41, 5.74) is 3.29. The number of hydrogen-bond acceptors (Lipinski definition) is 7. The average molecular weight is 617 g/mol. The molecular weight excluding hydrogens is 572 g/mol. The van der Waals surface area contributed by atoms with Gasteiger partial charge in [0.1, 0.15) is 23.1 Å². The van der Waals surface area contributed by atoms with Crippen LogP contribution in [0.5, 0.6) is 0 Å². The van der Waals surface area contributed by atoms with Crippen molar-refractivity contribution in [2.45, 2.75) is 97.1 Å². The number of hydrogen-bond donors (Lipinski definition) is 2. The van der Waals surface area contributed by atoms with Crippen LogP contribution in [-0.4, -0.2) is 73.2 Å². The van der Waals surface area contributed by atoms with Crippen LogP contribution in [0, 0.1) is 0 Å². The Bertz CT molecular complexity index is 1500. The highest BCUT2D eigenvalue weighted by molar-refractivity contribution is 5.86. The predicted molar refractivity (Wildman–Crippen MR) is 170 cm³/mol. The molecule has 5 rings (SSSR count). The Morgan fingerprint density at radius 3 is 2.09 bits per heavy atom. The lowest BCUT2D eigenvalue weighted by molar-refractivity contribution is -0.125. The first kappa shape index (κ1) is 32.0. The third-order valence-electron chi connectivity index (χ3n) is 7.76. The quantitative estimate of drug-likeness (QED) is 0.336. The van der Waals surface area contributed by atoms with Crippen LogP contribution >= 0.6 is 0 Å². The molecule has 2 saturated heterocycles. The van der Waals surface area contributed by atoms with Crippen LogP contribution in [0.1, 0.15) is 84.8 Å². The molecule has 0 aliphatic carbocycles. The van der Waals surface area contributed by atoms with Gasteiger partial charge in [0.15, 0.2) is 0 Å². The number of rotatable bonds is 6. The standard InChI is InChI=1S/C34H44N6O5/c1-33(2,3)44-31(42)39-17-7-9-27(39)29-36-21-26(38-29)23-13-11-22(12-14-23)24-15-16-25(35-19-24)20-37-30(41)28-10-8-18-40(28)32(43)45-34(4,5)6/h11-16,19,21,27-28H,7-10,17-18,20H2,1-6H3,(H,36,38)(H,37,41)/t27-,28-/m0/s1. The Kier molecular flexibility index (Phi) is 9.18. The molecule has 2 atom stereocenters. The molecule has 2 aromatic heterocycles. The normalized spacial score (nSPS) is 18.6. The van der Waals surface area contributed by atoms with E-state index in [1.807, 2.05) is 84.1 Å². The number of pyridine rings is 1. The number of imidazole rings is 1. The number of ether oxygens (including phenoxy) is 2. The van der Waals surface area contributed by atoms with Crippen LogP contribution in [0.2, 0.25) is 0 Å². The van der Waals surface area contributed by atoms with Gasteiger partial charge >= 0.3 is 12.2 Å². The molecule has 0 bridgehead atoms. The summed E-state index contributed by atoms with van der Waals surface area (Å²) in [6, 6.07) is 11.3. The predicted octanol–water partition coefficient (Wildman–Crippen LogP) is 6.23. The Labute approximate surface area is 264 Å². The summed E-state index contributed by atoms with van der Waals surface area (Å²) >= 11 is 0. The maximum atomic E-state index is 12.9. The first-order valence-corrected chi connectivity index (χ1v) is 15.7. The Morgan fingerprint density at radius 1 is 0.844 bits per heavy atom. The number of amides is 3. The van der Waals surface area contributed by atoms with Crippen LogP contribution in [0.25, 0.3) is 22.4 Å². The maximum absolute atomic E-state index is 12.9. The number of carbonyl (C=O) groups is 3. The molecule has 0 unspecified atom stereocenters. The number of aromatic amines is 1. The number of likely N-dealkylation sites (tertiary alicyclic amines) is 2. The zero-order valence-corrected chi connectivity index (χ0v) is 27.1. The van der Waals surface area contributed by atoms with E-state index in [0.29, 0.717) is 19.5 Å². The van der Waals surface area contributed by atoms with Gasteiger partial charge in [-0.2, -0.15) is 0 Å². The van der Waals surface area contributed by atoms with Crippen LogP contribution < -0.4 is 5.32 Å². The first-order valence-electron chi connectivity index (χ1n) is 15.7. The number of aromatic nitrogens is 3. The highest BCUT2D eigenvalue weighted by atomic mass is 16.6. The van der Waals surface area contributed by atoms with E-state index in [1.54, 1.807) is 11.1 Å². The smallest absolute Gasteiger partial charge is 0.410 e. The van der Waals surface area contributed by atoms with Gasteiger partial charge in [0.05, 0.1) is 24.0 Å². The molecule has 2 aliphatic heterocycles. The van der Waals surface area contributed by atoms with Crippen molar-refractivity contribution in [3.8, 4) is 22.4 Å². The zero-order chi connectivity index (χ0) is 32.4. The monoisotopic (exact) mass is 616 g/mol. The minimum atomic E-state index is -0.614. The third-order valence-corrected chi connectivity index (χ3v) is 7.76. The summed E-state index contributed by atoms with van der Waals surface area (Å²) in [5, 5.41) is 2.92. The number of carbonyl (C=O) groups excluding carboxylic acids is 3. The second kappa shape index (κ2) is 12.9. The van der Waals surface area contributed by atoms with Crippen molar-refractivity contribution >= 4 is 18.1 Å². The molecule has 4 heterocycles. The van der Waals surface area contributed by atoms with E-state index in [1.165, 1.54) is 4.90 Å². The molecule has 11 nitrogen and oxygen atoms in total. The summed E-state index contributed by atoms with van der Waals surface area (Å²) in [4.78, 5) is 54.1. The van der Waals surface area contributed by atoms with E-state index in [4.69, 9.17) is 14.5 Å². The fourth-order valence-electron chi connectivity index (χ4n) is 5.65. The van der Waals surface area contributed by atoms with Crippen molar-refractivity contribution < 1.29 is 23.9 Å². The lowest BCUT2D eigenvalue weighted by Gasteiger charge is -2.28. The Balaban J connectivity index is 1.17. The molecular formula is C34H44N6O5. The molecule has 2 fully saturated rings. The number of benzene rings is 1. The molecule has 0 spiro atoms. The van der Waals surface area contributed by atoms with Crippen molar-refractivity contribution in [2.75, 3.05) is 13.1 Å². The molecule has 3 aromatic rings. The van der Waals surface area contributed by atoms with Gasteiger partial charge in [-0.05, 0) is 78.9 Å². The van der Waals surface area contributed by atoms with Gasteiger partial charge < -0.3 is 19.8 Å². The van der Waals surface area contributed by atoms with Crippen LogP contribution in [0.15, 0.2) is 48.8 Å². The summed E-state index contributed by atoms with van der Waals surface area (Å²) in [6.45, 7) is 12.5. The molecule has 0 radical (unpaired) electrons. The largest absolute Gasteiger partial charge is 0.444 e. The van der Waals surface area contributed by atoms with Crippen molar-refractivity contribution in [2.24, 2.45) is 0 Å². The molecule has 11 heteroatoms. The lowest BCUT2D eigenvalue weighted by Crippen LogP contribution is -2.47. The summed E-state index contributed by atoms with van der Waals surface area (Å²) in [5.74, 6) is 0.557. The minimum absolute atomic E-state index is 0.135. The Morgan fingerprint density at radius 2 is 1.44 bits per heavy atom. The van der Waals surface area contributed by atoms with Gasteiger partial charge in [-0.15, -0.1) is 0 Å². The van der Waals surface area contributed by atoms with Crippen LogP contribution in [-0.2, 0) is 20.8 Å². The number of H-pyrrole nitrogens is 1. The first-order chi connectivity index (χ1) is 21.3. The molecule has 240 valence electrons. The zero-order valence-electron chi connectivity index (χ0n) is 27.1. The van der Waals surface area contributed by atoms with Gasteiger partial charge in [0, 0.05) is 36.6 Å². The van der Waals surface area contributed by atoms with Crippen molar-refractivity contribution in [1.82, 2.24) is 30.1 Å². The van der Waals surface area contributed by atoms with E-state index in [2.05, 4.69) is 15.3 Å². The summed E-state index contributed by atoms with van der Waals surface area (Å²) < 4.78 is 11.1. The SMILES string of the molecule is CC(C)(C)OC(=O)N1CCC[C@H]1C(=O)NCc1ccc(-c2ccc(-c3c[nH]c([C@@H]4CCCN4C(=O)OC(C)(C)C)n3)cc2)cn1. The van der Waals surface area contributed by atoms with Crippen molar-refractivity contribution in [3.63, 3.8) is 0 Å². The molecule has 45 heavy (non-hydrogen) atoms. The fourth-order valence-corrected chi connectivity index (χ4v) is 5.65. The molecule has 2 aliphatic rings. The van der Waals surface area contributed by atoms with Gasteiger partial charge in [-0.25, -0.2) is 14.6 Å². The summed E-state index contributed by atoms with van der Waals surface area (Å²) in [7, 11) is 0. The molecule has 3 amide bonds. The lowest BCUT2D eigenvalue weighted by atomic mass is 10.0. The van der Waals surface area contributed by atoms with E-state index < -0.39 is 23.3 Å². The van der Waals surface area contributed by atoms with Crippen molar-refractivity contribution in [1.29, 1.82) is 0 Å². The van der Waals surface area contributed by atoms with Crippen LogP contribution in [0.3, 0.4) is 0 Å². The van der Waals surface area contributed by atoms with Gasteiger partial charge in [0.2, 0.25) is 5.91 Å². The van der Waals surface area contributed by atoms with Gasteiger partial charge in [-0.3, -0.25) is 19.6 Å². The molecule has 1 aromatic carbocycles. The minimum Gasteiger partial charge on any atom is -0.444 e.